The Morgan fingerprint density at radius 1 is 1.21 bits per heavy atom. The number of pyridine rings is 1. The van der Waals surface area contributed by atoms with Crippen molar-refractivity contribution in [3.8, 4) is 0 Å². The molecule has 0 unspecified atom stereocenters. The van der Waals surface area contributed by atoms with Gasteiger partial charge in [-0.1, -0.05) is 31.4 Å². The molecule has 1 saturated heterocycles. The second-order valence-electron chi connectivity index (χ2n) is 8.46. The molecule has 2 heterocycles. The summed E-state index contributed by atoms with van der Waals surface area (Å²) in [5.74, 6) is 0. The highest BCUT2D eigenvalue weighted by atomic mass is 32.1. The van der Waals surface area contributed by atoms with Gasteiger partial charge < -0.3 is 19.9 Å². The van der Waals surface area contributed by atoms with E-state index in [1.807, 2.05) is 19.1 Å². The molecule has 2 fully saturated rings. The summed E-state index contributed by atoms with van der Waals surface area (Å²) in [5.41, 5.74) is 2.78. The van der Waals surface area contributed by atoms with E-state index in [0.29, 0.717) is 12.6 Å². The summed E-state index contributed by atoms with van der Waals surface area (Å²) in [6.45, 7) is 4.17. The van der Waals surface area contributed by atoms with Gasteiger partial charge in [-0.25, -0.2) is 0 Å². The Balaban J connectivity index is 1.54. The molecule has 29 heavy (non-hydrogen) atoms. The zero-order chi connectivity index (χ0) is 20.2. The quantitative estimate of drug-likeness (QED) is 0.725. The Morgan fingerprint density at radius 3 is 2.79 bits per heavy atom. The van der Waals surface area contributed by atoms with E-state index in [1.54, 1.807) is 0 Å². The van der Waals surface area contributed by atoms with Crippen LogP contribution in [-0.4, -0.2) is 40.3 Å². The topological polar surface area (TPSA) is 57.4 Å². The van der Waals surface area contributed by atoms with Crippen molar-refractivity contribution < 1.29 is 4.74 Å². The van der Waals surface area contributed by atoms with Gasteiger partial charge in [0.15, 0.2) is 5.11 Å². The smallest absolute Gasteiger partial charge is 0.253 e. The molecule has 1 aromatic carbocycles. The number of rotatable bonds is 5. The van der Waals surface area contributed by atoms with Crippen LogP contribution in [0.3, 0.4) is 0 Å². The first kappa shape index (κ1) is 20.4. The van der Waals surface area contributed by atoms with E-state index in [4.69, 9.17) is 17.0 Å². The highest BCUT2D eigenvalue weighted by Gasteiger charge is 2.25. The van der Waals surface area contributed by atoms with Crippen LogP contribution in [0, 0.1) is 6.92 Å². The number of fused-ring (bicyclic) bond motifs is 1. The number of H-pyrrole nitrogens is 1. The van der Waals surface area contributed by atoms with Crippen molar-refractivity contribution in [3.05, 3.63) is 45.7 Å². The fraction of sp³-hybridized carbons (Fsp3) is 0.565. The molecule has 2 aliphatic rings. The molecule has 0 amide bonds. The molecule has 1 saturated carbocycles. The number of benzene rings is 1. The SMILES string of the molecule is Cc1ccc2cc(CN(C(=S)NC[C@H]3CCCO3)C3CCCCC3)c(=O)[nH]c2c1. The van der Waals surface area contributed by atoms with Crippen molar-refractivity contribution >= 4 is 28.2 Å². The second kappa shape index (κ2) is 9.26. The lowest BCUT2D eigenvalue weighted by atomic mass is 9.94. The van der Waals surface area contributed by atoms with Crippen molar-refractivity contribution in [3.63, 3.8) is 0 Å². The molecule has 5 nitrogen and oxygen atoms in total. The maximum atomic E-state index is 12.8. The molecular weight excluding hydrogens is 382 g/mol. The first-order valence-corrected chi connectivity index (χ1v) is 11.3. The Kier molecular flexibility index (Phi) is 6.50. The summed E-state index contributed by atoms with van der Waals surface area (Å²) in [4.78, 5) is 18.1. The minimum atomic E-state index is -0.0224. The summed E-state index contributed by atoms with van der Waals surface area (Å²) in [7, 11) is 0. The largest absolute Gasteiger partial charge is 0.376 e. The fourth-order valence-corrected chi connectivity index (χ4v) is 4.83. The number of hydrogen-bond acceptors (Lipinski definition) is 3. The van der Waals surface area contributed by atoms with Crippen molar-refractivity contribution in [2.75, 3.05) is 13.2 Å². The Hall–Kier alpha value is -1.92. The average Bonchev–Trinajstić information content (AvgIpc) is 3.25. The lowest BCUT2D eigenvalue weighted by Gasteiger charge is -2.36. The minimum Gasteiger partial charge on any atom is -0.376 e. The highest BCUT2D eigenvalue weighted by Crippen LogP contribution is 2.24. The van der Waals surface area contributed by atoms with Gasteiger partial charge in [-0.05, 0) is 67.9 Å². The van der Waals surface area contributed by atoms with E-state index in [9.17, 15) is 4.79 Å². The van der Waals surface area contributed by atoms with Crippen LogP contribution in [0.5, 0.6) is 0 Å². The molecule has 0 radical (unpaired) electrons. The number of ether oxygens (including phenoxy) is 1. The van der Waals surface area contributed by atoms with Gasteiger partial charge in [-0.2, -0.15) is 0 Å². The maximum Gasteiger partial charge on any atom is 0.253 e. The molecule has 6 heteroatoms. The third-order valence-electron chi connectivity index (χ3n) is 6.20. The maximum absolute atomic E-state index is 12.8. The van der Waals surface area contributed by atoms with Crippen LogP contribution in [0.25, 0.3) is 10.9 Å². The lowest BCUT2D eigenvalue weighted by molar-refractivity contribution is 0.112. The van der Waals surface area contributed by atoms with Gasteiger partial charge in [0.2, 0.25) is 0 Å². The first-order chi connectivity index (χ1) is 14.1. The van der Waals surface area contributed by atoms with Gasteiger partial charge in [0, 0.05) is 30.3 Å². The molecule has 1 aliphatic heterocycles. The number of aromatic nitrogens is 1. The number of nitrogens with zero attached hydrogens (tertiary/aromatic N) is 1. The van der Waals surface area contributed by atoms with E-state index in [0.717, 1.165) is 66.0 Å². The predicted octanol–water partition coefficient (Wildman–Crippen LogP) is 4.02. The van der Waals surface area contributed by atoms with Crippen molar-refractivity contribution in [1.82, 2.24) is 15.2 Å². The second-order valence-corrected chi connectivity index (χ2v) is 8.84. The molecule has 1 aromatic heterocycles. The van der Waals surface area contributed by atoms with E-state index < -0.39 is 0 Å². The van der Waals surface area contributed by atoms with Gasteiger partial charge in [0.05, 0.1) is 12.6 Å². The predicted molar refractivity (Wildman–Crippen MR) is 121 cm³/mol. The van der Waals surface area contributed by atoms with Gasteiger partial charge in [0.1, 0.15) is 0 Å². The fourth-order valence-electron chi connectivity index (χ4n) is 4.53. The molecule has 156 valence electrons. The lowest BCUT2D eigenvalue weighted by Crippen LogP contribution is -2.48. The first-order valence-electron chi connectivity index (χ1n) is 10.9. The summed E-state index contributed by atoms with van der Waals surface area (Å²) in [6, 6.07) is 8.58. The van der Waals surface area contributed by atoms with Gasteiger partial charge >= 0.3 is 0 Å². The van der Waals surface area contributed by atoms with Crippen LogP contribution in [0.4, 0.5) is 0 Å². The van der Waals surface area contributed by atoms with Crippen molar-refractivity contribution in [1.29, 1.82) is 0 Å². The minimum absolute atomic E-state index is 0.0224. The monoisotopic (exact) mass is 413 g/mol. The van der Waals surface area contributed by atoms with Crippen LogP contribution >= 0.6 is 12.2 Å². The van der Waals surface area contributed by atoms with E-state index in [-0.39, 0.29) is 11.7 Å². The standard InChI is InChI=1S/C23H31N3O2S/c1-16-9-10-17-13-18(22(27)25-21(17)12-16)15-26(19-6-3-2-4-7-19)23(29)24-14-20-8-5-11-28-20/h9-10,12-13,19-20H,2-8,11,14-15H2,1H3,(H,24,29)(H,25,27)/t20-/m1/s1. The van der Waals surface area contributed by atoms with Gasteiger partial charge in [0.25, 0.3) is 5.56 Å². The van der Waals surface area contributed by atoms with Crippen LogP contribution in [0.1, 0.15) is 56.1 Å². The normalized spacial score (nSPS) is 20.1. The number of aromatic amines is 1. The number of thiocarbonyl (C=S) groups is 1. The van der Waals surface area contributed by atoms with Crippen LogP contribution < -0.4 is 10.9 Å². The molecular formula is C23H31N3O2S. The molecule has 0 spiro atoms. The third kappa shape index (κ3) is 4.98. The molecule has 2 aromatic rings. The van der Waals surface area contributed by atoms with Crippen LogP contribution in [0.2, 0.25) is 0 Å². The van der Waals surface area contributed by atoms with Gasteiger partial charge in [-0.15, -0.1) is 0 Å². The molecule has 1 aliphatic carbocycles. The molecule has 4 rings (SSSR count). The summed E-state index contributed by atoms with van der Waals surface area (Å²) >= 11 is 5.79. The number of hydrogen-bond donors (Lipinski definition) is 2. The van der Waals surface area contributed by atoms with Gasteiger partial charge in [-0.3, -0.25) is 4.79 Å². The number of aryl methyl sites for hydroxylation is 1. The Bertz CT molecular complexity index is 914. The van der Waals surface area contributed by atoms with Crippen LogP contribution in [0.15, 0.2) is 29.1 Å². The summed E-state index contributed by atoms with van der Waals surface area (Å²) in [5, 5.41) is 5.23. The zero-order valence-corrected chi connectivity index (χ0v) is 18.0. The van der Waals surface area contributed by atoms with E-state index in [1.165, 1.54) is 19.3 Å². The molecule has 1 atom stereocenters. The summed E-state index contributed by atoms with van der Waals surface area (Å²) in [6.07, 6.45) is 8.45. The Morgan fingerprint density at radius 2 is 2.03 bits per heavy atom. The molecule has 2 N–H and O–H groups in total. The van der Waals surface area contributed by atoms with Crippen molar-refractivity contribution in [2.24, 2.45) is 0 Å². The third-order valence-corrected chi connectivity index (χ3v) is 6.58. The van der Waals surface area contributed by atoms with Crippen LogP contribution in [-0.2, 0) is 11.3 Å². The Labute approximate surface area is 177 Å². The van der Waals surface area contributed by atoms with E-state index in [2.05, 4.69) is 27.3 Å². The zero-order valence-electron chi connectivity index (χ0n) is 17.2. The average molecular weight is 414 g/mol. The van der Waals surface area contributed by atoms with E-state index >= 15 is 0 Å². The number of nitrogens with one attached hydrogen (secondary N) is 2. The summed E-state index contributed by atoms with van der Waals surface area (Å²) < 4.78 is 5.73. The molecule has 0 bridgehead atoms. The van der Waals surface area contributed by atoms with Crippen molar-refractivity contribution in [2.45, 2.75) is 70.6 Å². The highest BCUT2D eigenvalue weighted by molar-refractivity contribution is 7.80.